The van der Waals surface area contributed by atoms with Gasteiger partial charge in [0.15, 0.2) is 0 Å². The molecule has 13 heavy (non-hydrogen) atoms. The molecular weight excluding hydrogens is 204 g/mol. The first kappa shape index (κ1) is 10.8. The lowest BCUT2D eigenvalue weighted by Gasteiger charge is -2.04. The molecule has 1 aromatic heterocycles. The molecule has 0 fully saturated rings. The summed E-state index contributed by atoms with van der Waals surface area (Å²) in [6, 6.07) is 3.89. The topological polar surface area (TPSA) is 24.9 Å². The Morgan fingerprint density at radius 3 is 3.15 bits per heavy atom. The smallest absolute Gasteiger partial charge is 0.133 e. The average Bonchev–Trinajstić information content (AvgIpc) is 2.15. The first-order chi connectivity index (χ1) is 6.34. The van der Waals surface area contributed by atoms with Crippen molar-refractivity contribution in [1.29, 1.82) is 0 Å². The van der Waals surface area contributed by atoms with Gasteiger partial charge in [-0.3, -0.25) is 0 Å². The summed E-state index contributed by atoms with van der Waals surface area (Å²) in [5.74, 6) is 1.12. The minimum atomic E-state index is 0.596. The third-order valence-corrected chi connectivity index (χ3v) is 2.59. The molecular formula is C9H13ClN2S. The van der Waals surface area contributed by atoms with Crippen molar-refractivity contribution in [3.63, 3.8) is 0 Å². The molecule has 0 saturated carbocycles. The summed E-state index contributed by atoms with van der Waals surface area (Å²) in [7, 11) is 0. The van der Waals surface area contributed by atoms with Crippen molar-refractivity contribution in [2.75, 3.05) is 18.6 Å². The fourth-order valence-corrected chi connectivity index (χ4v) is 1.48. The molecule has 0 unspecified atom stereocenters. The second-order valence-electron chi connectivity index (χ2n) is 2.62. The van der Waals surface area contributed by atoms with E-state index < -0.39 is 0 Å². The van der Waals surface area contributed by atoms with Crippen LogP contribution in [0.4, 0.5) is 0 Å². The van der Waals surface area contributed by atoms with Crippen LogP contribution in [0.2, 0.25) is 5.15 Å². The maximum Gasteiger partial charge on any atom is 0.133 e. The predicted molar refractivity (Wildman–Crippen MR) is 59.3 cm³/mol. The van der Waals surface area contributed by atoms with Crippen LogP contribution < -0.4 is 5.32 Å². The van der Waals surface area contributed by atoms with Gasteiger partial charge >= 0.3 is 0 Å². The van der Waals surface area contributed by atoms with E-state index in [0.29, 0.717) is 5.15 Å². The number of hydrogen-bond acceptors (Lipinski definition) is 3. The Hall–Kier alpha value is -0.250. The molecule has 1 N–H and O–H groups in total. The number of halogens is 1. The van der Waals surface area contributed by atoms with Crippen LogP contribution in [0, 0.1) is 0 Å². The van der Waals surface area contributed by atoms with Crippen LogP contribution in [0.1, 0.15) is 5.56 Å². The highest BCUT2D eigenvalue weighted by molar-refractivity contribution is 7.98. The molecule has 4 heteroatoms. The molecule has 1 rings (SSSR count). The number of rotatable bonds is 5. The summed E-state index contributed by atoms with van der Waals surface area (Å²) in [5, 5.41) is 3.89. The standard InChI is InChI=1S/C9H13ClN2S/c1-13-6-5-11-7-8-3-2-4-12-9(8)10/h2-4,11H,5-7H2,1H3. The highest BCUT2D eigenvalue weighted by Crippen LogP contribution is 2.10. The Bertz CT molecular complexity index is 255. The first-order valence-electron chi connectivity index (χ1n) is 4.13. The molecule has 0 spiro atoms. The van der Waals surface area contributed by atoms with Crippen molar-refractivity contribution >= 4 is 23.4 Å². The van der Waals surface area contributed by atoms with Gasteiger partial charge in [0.2, 0.25) is 0 Å². The van der Waals surface area contributed by atoms with E-state index in [1.165, 1.54) is 0 Å². The normalized spacial score (nSPS) is 10.3. The van der Waals surface area contributed by atoms with Crippen LogP contribution >= 0.6 is 23.4 Å². The molecule has 0 aliphatic heterocycles. The van der Waals surface area contributed by atoms with Gasteiger partial charge in [0.1, 0.15) is 5.15 Å². The second kappa shape index (κ2) is 6.24. The lowest BCUT2D eigenvalue weighted by molar-refractivity contribution is 0.730. The number of nitrogens with one attached hydrogen (secondary N) is 1. The van der Waals surface area contributed by atoms with E-state index in [0.717, 1.165) is 24.4 Å². The quantitative estimate of drug-likeness (QED) is 0.604. The van der Waals surface area contributed by atoms with E-state index in [4.69, 9.17) is 11.6 Å². The summed E-state index contributed by atoms with van der Waals surface area (Å²) in [4.78, 5) is 4.00. The Balaban J connectivity index is 2.32. The fourth-order valence-electron chi connectivity index (χ4n) is 0.948. The summed E-state index contributed by atoms with van der Waals surface area (Å²) in [6.07, 6.45) is 3.80. The Morgan fingerprint density at radius 2 is 2.46 bits per heavy atom. The van der Waals surface area contributed by atoms with Crippen molar-refractivity contribution in [3.05, 3.63) is 29.0 Å². The predicted octanol–water partition coefficient (Wildman–Crippen LogP) is 2.19. The van der Waals surface area contributed by atoms with Crippen LogP contribution in [-0.4, -0.2) is 23.5 Å². The van der Waals surface area contributed by atoms with Crippen LogP contribution in [-0.2, 0) is 6.54 Å². The first-order valence-corrected chi connectivity index (χ1v) is 5.91. The van der Waals surface area contributed by atoms with Gasteiger partial charge in [-0.1, -0.05) is 17.7 Å². The lowest BCUT2D eigenvalue weighted by Crippen LogP contribution is -2.16. The molecule has 0 aromatic carbocycles. The minimum absolute atomic E-state index is 0.596. The van der Waals surface area contributed by atoms with Gasteiger partial charge in [0.25, 0.3) is 0 Å². The minimum Gasteiger partial charge on any atom is -0.312 e. The summed E-state index contributed by atoms with van der Waals surface area (Å²) in [6.45, 7) is 1.81. The van der Waals surface area contributed by atoms with Crippen molar-refractivity contribution in [1.82, 2.24) is 10.3 Å². The summed E-state index contributed by atoms with van der Waals surface area (Å²) in [5.41, 5.74) is 1.06. The van der Waals surface area contributed by atoms with Crippen molar-refractivity contribution in [2.45, 2.75) is 6.54 Å². The highest BCUT2D eigenvalue weighted by Gasteiger charge is 1.98. The maximum atomic E-state index is 5.88. The number of nitrogens with zero attached hydrogens (tertiary/aromatic N) is 1. The molecule has 0 aliphatic rings. The van der Waals surface area contributed by atoms with Gasteiger partial charge in [-0.15, -0.1) is 0 Å². The SMILES string of the molecule is CSCCNCc1cccnc1Cl. The van der Waals surface area contributed by atoms with Crippen molar-refractivity contribution in [3.8, 4) is 0 Å². The van der Waals surface area contributed by atoms with Crippen LogP contribution in [0.5, 0.6) is 0 Å². The summed E-state index contributed by atoms with van der Waals surface area (Å²) < 4.78 is 0. The van der Waals surface area contributed by atoms with E-state index in [-0.39, 0.29) is 0 Å². The number of aromatic nitrogens is 1. The van der Waals surface area contributed by atoms with Crippen LogP contribution in [0.15, 0.2) is 18.3 Å². The highest BCUT2D eigenvalue weighted by atomic mass is 35.5. The van der Waals surface area contributed by atoms with Gasteiger partial charge < -0.3 is 5.32 Å². The molecule has 1 heterocycles. The van der Waals surface area contributed by atoms with Crippen molar-refractivity contribution < 1.29 is 0 Å². The largest absolute Gasteiger partial charge is 0.312 e. The Labute approximate surface area is 88.1 Å². The molecule has 0 saturated heterocycles. The third-order valence-electron chi connectivity index (χ3n) is 1.63. The Kier molecular flexibility index (Phi) is 5.20. The van der Waals surface area contributed by atoms with Crippen molar-refractivity contribution in [2.24, 2.45) is 0 Å². The van der Waals surface area contributed by atoms with E-state index in [9.17, 15) is 0 Å². The Morgan fingerprint density at radius 1 is 1.62 bits per heavy atom. The summed E-state index contributed by atoms with van der Waals surface area (Å²) >= 11 is 7.71. The monoisotopic (exact) mass is 216 g/mol. The molecule has 0 atom stereocenters. The van der Waals surface area contributed by atoms with Gasteiger partial charge in [-0.2, -0.15) is 11.8 Å². The molecule has 72 valence electrons. The molecule has 0 amide bonds. The van der Waals surface area contributed by atoms with Gasteiger partial charge in [-0.05, 0) is 12.3 Å². The van der Waals surface area contributed by atoms with Crippen LogP contribution in [0.25, 0.3) is 0 Å². The molecule has 0 radical (unpaired) electrons. The molecule has 0 bridgehead atoms. The average molecular weight is 217 g/mol. The second-order valence-corrected chi connectivity index (χ2v) is 3.97. The van der Waals surface area contributed by atoms with Crippen LogP contribution in [0.3, 0.4) is 0 Å². The molecule has 2 nitrogen and oxygen atoms in total. The zero-order valence-corrected chi connectivity index (χ0v) is 9.16. The van der Waals surface area contributed by atoms with Gasteiger partial charge in [0.05, 0.1) is 0 Å². The van der Waals surface area contributed by atoms with E-state index in [1.54, 1.807) is 6.20 Å². The number of thioether (sulfide) groups is 1. The van der Waals surface area contributed by atoms with E-state index >= 15 is 0 Å². The lowest BCUT2D eigenvalue weighted by atomic mass is 10.3. The zero-order valence-electron chi connectivity index (χ0n) is 7.59. The zero-order chi connectivity index (χ0) is 9.52. The molecule has 1 aromatic rings. The number of pyridine rings is 1. The maximum absolute atomic E-state index is 5.88. The molecule has 0 aliphatic carbocycles. The van der Waals surface area contributed by atoms with Gasteiger partial charge in [-0.25, -0.2) is 4.98 Å². The fraction of sp³-hybridized carbons (Fsp3) is 0.444. The van der Waals surface area contributed by atoms with E-state index in [2.05, 4.69) is 16.6 Å². The van der Waals surface area contributed by atoms with Gasteiger partial charge in [0, 0.05) is 30.6 Å². The third kappa shape index (κ3) is 3.98. The van der Waals surface area contributed by atoms with E-state index in [1.807, 2.05) is 23.9 Å². The number of hydrogen-bond donors (Lipinski definition) is 1.